The molecule has 0 bridgehead atoms. The number of nitrogens with zero attached hydrogens (tertiary/aromatic N) is 2. The van der Waals surface area contributed by atoms with Crippen LogP contribution < -0.4 is 16.0 Å². The summed E-state index contributed by atoms with van der Waals surface area (Å²) >= 11 is 0. The number of hydrogen-bond acceptors (Lipinski definition) is 3. The summed E-state index contributed by atoms with van der Waals surface area (Å²) in [6, 6.07) is 0. The monoisotopic (exact) mass is 365 g/mol. The van der Waals surface area contributed by atoms with Gasteiger partial charge in [0.1, 0.15) is 0 Å². The van der Waals surface area contributed by atoms with Crippen molar-refractivity contribution in [2.24, 2.45) is 10.9 Å². The fraction of sp³-hybridized carbons (Fsp3) is 0.900. The lowest BCUT2D eigenvalue weighted by Gasteiger charge is -2.21. The van der Waals surface area contributed by atoms with Crippen LogP contribution >= 0.6 is 0 Å². The number of nitrogens with one attached hydrogen (secondary N) is 3. The van der Waals surface area contributed by atoms with E-state index in [1.54, 1.807) is 7.05 Å². The number of hydrogen-bond donors (Lipinski definition) is 3. The van der Waals surface area contributed by atoms with Crippen molar-refractivity contribution in [1.82, 2.24) is 20.9 Å². The summed E-state index contributed by atoms with van der Waals surface area (Å²) in [6.45, 7) is 5.99. The van der Waals surface area contributed by atoms with E-state index < -0.39 is 0 Å². The summed E-state index contributed by atoms with van der Waals surface area (Å²) in [4.78, 5) is 19.0. The Bertz CT molecular complexity index is 412. The largest absolute Gasteiger partial charge is 0.356 e. The third-order valence-electron chi connectivity index (χ3n) is 5.56. The van der Waals surface area contributed by atoms with Crippen LogP contribution in [-0.2, 0) is 4.79 Å². The van der Waals surface area contributed by atoms with Gasteiger partial charge in [-0.3, -0.25) is 9.79 Å². The first-order valence-corrected chi connectivity index (χ1v) is 10.7. The molecule has 26 heavy (non-hydrogen) atoms. The van der Waals surface area contributed by atoms with Crippen LogP contribution in [0.15, 0.2) is 4.99 Å². The van der Waals surface area contributed by atoms with Gasteiger partial charge in [0, 0.05) is 32.6 Å². The quantitative estimate of drug-likeness (QED) is 0.350. The molecule has 1 amide bonds. The van der Waals surface area contributed by atoms with Gasteiger partial charge in [-0.15, -0.1) is 0 Å². The topological polar surface area (TPSA) is 68.8 Å². The molecule has 6 nitrogen and oxygen atoms in total. The number of guanidine groups is 1. The van der Waals surface area contributed by atoms with Crippen molar-refractivity contribution in [3.05, 3.63) is 0 Å². The number of carbonyl (C=O) groups excluding carboxylic acids is 1. The predicted octanol–water partition coefficient (Wildman–Crippen LogP) is 2.11. The standard InChI is InChI=1S/C20H39N5O/c1-21-20(23-12-9-17-25-15-7-2-3-8-16-25)24-14-13-22-19(26)18-10-5-4-6-11-18/h18H,2-17H2,1H3,(H,22,26)(H2,21,23,24). The van der Waals surface area contributed by atoms with Crippen molar-refractivity contribution in [3.8, 4) is 0 Å². The maximum absolute atomic E-state index is 12.1. The summed E-state index contributed by atoms with van der Waals surface area (Å²) in [7, 11) is 1.80. The first-order valence-electron chi connectivity index (χ1n) is 10.7. The maximum Gasteiger partial charge on any atom is 0.223 e. The molecule has 1 saturated carbocycles. The van der Waals surface area contributed by atoms with Crippen LogP contribution in [0.25, 0.3) is 0 Å². The number of likely N-dealkylation sites (tertiary alicyclic amines) is 1. The van der Waals surface area contributed by atoms with Crippen molar-refractivity contribution in [1.29, 1.82) is 0 Å². The Morgan fingerprint density at radius 2 is 1.50 bits per heavy atom. The summed E-state index contributed by atoms with van der Waals surface area (Å²) in [6.07, 6.45) is 12.4. The Morgan fingerprint density at radius 1 is 0.885 bits per heavy atom. The molecule has 0 aromatic heterocycles. The lowest BCUT2D eigenvalue weighted by molar-refractivity contribution is -0.125. The van der Waals surface area contributed by atoms with Gasteiger partial charge < -0.3 is 20.9 Å². The molecular formula is C20H39N5O. The van der Waals surface area contributed by atoms with E-state index in [0.717, 1.165) is 31.8 Å². The lowest BCUT2D eigenvalue weighted by atomic mass is 9.89. The number of aliphatic imine (C=N–C) groups is 1. The van der Waals surface area contributed by atoms with Gasteiger partial charge in [-0.1, -0.05) is 32.1 Å². The minimum atomic E-state index is 0.229. The fourth-order valence-electron chi connectivity index (χ4n) is 3.97. The van der Waals surface area contributed by atoms with Crippen molar-refractivity contribution in [3.63, 3.8) is 0 Å². The number of rotatable bonds is 8. The first kappa shape index (κ1) is 21.0. The van der Waals surface area contributed by atoms with Gasteiger partial charge in [-0.2, -0.15) is 0 Å². The molecule has 2 rings (SSSR count). The summed E-state index contributed by atoms with van der Waals surface area (Å²) in [5.74, 6) is 1.29. The molecule has 0 aromatic rings. The second-order valence-electron chi connectivity index (χ2n) is 7.66. The van der Waals surface area contributed by atoms with Crippen molar-refractivity contribution < 1.29 is 4.79 Å². The van der Waals surface area contributed by atoms with Crippen LogP contribution in [0.4, 0.5) is 0 Å². The van der Waals surface area contributed by atoms with Gasteiger partial charge in [0.05, 0.1) is 0 Å². The molecule has 0 radical (unpaired) electrons. The molecule has 0 aromatic carbocycles. The molecule has 0 spiro atoms. The Hall–Kier alpha value is -1.30. The van der Waals surface area contributed by atoms with E-state index in [4.69, 9.17) is 0 Å². The Labute approximate surface area is 159 Å². The van der Waals surface area contributed by atoms with Crippen molar-refractivity contribution in [2.45, 2.75) is 64.2 Å². The van der Waals surface area contributed by atoms with Gasteiger partial charge in [-0.25, -0.2) is 0 Å². The molecule has 2 aliphatic rings. The lowest BCUT2D eigenvalue weighted by Crippen LogP contribution is -2.43. The van der Waals surface area contributed by atoms with Crippen LogP contribution in [0.1, 0.15) is 64.2 Å². The van der Waals surface area contributed by atoms with Crippen molar-refractivity contribution >= 4 is 11.9 Å². The Kier molecular flexibility index (Phi) is 10.5. The molecule has 6 heteroatoms. The van der Waals surface area contributed by atoms with Crippen LogP contribution in [0.3, 0.4) is 0 Å². The second-order valence-corrected chi connectivity index (χ2v) is 7.66. The highest BCUT2D eigenvalue weighted by Gasteiger charge is 2.20. The molecule has 3 N–H and O–H groups in total. The highest BCUT2D eigenvalue weighted by molar-refractivity contribution is 5.80. The smallest absolute Gasteiger partial charge is 0.223 e. The number of amides is 1. The van der Waals surface area contributed by atoms with E-state index in [-0.39, 0.29) is 11.8 Å². The van der Waals surface area contributed by atoms with Gasteiger partial charge >= 0.3 is 0 Å². The SMILES string of the molecule is CN=C(NCCCN1CCCCCC1)NCCNC(=O)C1CCCCC1. The molecule has 1 saturated heterocycles. The zero-order chi connectivity index (χ0) is 18.5. The van der Waals surface area contributed by atoms with Crippen LogP contribution in [0.5, 0.6) is 0 Å². The van der Waals surface area contributed by atoms with E-state index in [1.807, 2.05) is 0 Å². The van der Waals surface area contributed by atoms with Crippen LogP contribution in [0.2, 0.25) is 0 Å². The summed E-state index contributed by atoms with van der Waals surface area (Å²) < 4.78 is 0. The molecule has 1 aliphatic carbocycles. The Morgan fingerprint density at radius 3 is 2.19 bits per heavy atom. The minimum Gasteiger partial charge on any atom is -0.356 e. The van der Waals surface area contributed by atoms with E-state index in [9.17, 15) is 4.79 Å². The van der Waals surface area contributed by atoms with E-state index in [0.29, 0.717) is 13.1 Å². The second kappa shape index (κ2) is 13.0. The first-order chi connectivity index (χ1) is 12.8. The van der Waals surface area contributed by atoms with Gasteiger partial charge in [0.15, 0.2) is 5.96 Å². The maximum atomic E-state index is 12.1. The highest BCUT2D eigenvalue weighted by atomic mass is 16.1. The van der Waals surface area contributed by atoms with Crippen LogP contribution in [-0.4, -0.2) is 63.1 Å². The third kappa shape index (κ3) is 8.39. The average Bonchev–Trinajstić information content (AvgIpc) is 2.96. The zero-order valence-corrected chi connectivity index (χ0v) is 16.7. The average molecular weight is 366 g/mol. The fourth-order valence-corrected chi connectivity index (χ4v) is 3.97. The zero-order valence-electron chi connectivity index (χ0n) is 16.7. The Balaban J connectivity index is 1.50. The van der Waals surface area contributed by atoms with Gasteiger partial charge in [0.25, 0.3) is 0 Å². The van der Waals surface area contributed by atoms with E-state index >= 15 is 0 Å². The molecule has 0 atom stereocenters. The molecule has 0 unspecified atom stereocenters. The molecule has 150 valence electrons. The van der Waals surface area contributed by atoms with E-state index in [2.05, 4.69) is 25.8 Å². The van der Waals surface area contributed by atoms with Gasteiger partial charge in [0.2, 0.25) is 5.91 Å². The minimum absolute atomic E-state index is 0.229. The molecule has 1 heterocycles. The third-order valence-corrected chi connectivity index (χ3v) is 5.56. The highest BCUT2D eigenvalue weighted by Crippen LogP contribution is 2.23. The van der Waals surface area contributed by atoms with Crippen molar-refractivity contribution in [2.75, 3.05) is 46.3 Å². The number of carbonyl (C=O) groups is 1. The van der Waals surface area contributed by atoms with Crippen LogP contribution in [0, 0.1) is 5.92 Å². The molecule has 2 fully saturated rings. The molecule has 1 aliphatic heterocycles. The van der Waals surface area contributed by atoms with E-state index in [1.165, 1.54) is 64.6 Å². The van der Waals surface area contributed by atoms with Gasteiger partial charge in [-0.05, 0) is 51.7 Å². The predicted molar refractivity (Wildman–Crippen MR) is 108 cm³/mol. The molecular weight excluding hydrogens is 326 g/mol. The summed E-state index contributed by atoms with van der Waals surface area (Å²) in [5.41, 5.74) is 0. The normalized spacial score (nSPS) is 20.4. The summed E-state index contributed by atoms with van der Waals surface area (Å²) in [5, 5.41) is 9.72.